The molecule has 2 aliphatic rings. The van der Waals surface area contributed by atoms with Gasteiger partial charge in [0.15, 0.2) is 0 Å². The fraction of sp³-hybridized carbons (Fsp3) is 0.500. The molecular weight excluding hydrogens is 318 g/mol. The van der Waals surface area contributed by atoms with E-state index < -0.39 is 0 Å². The second-order valence-electron chi connectivity index (χ2n) is 7.48. The van der Waals surface area contributed by atoms with Crippen LogP contribution in [0, 0.1) is 0 Å². The minimum atomic E-state index is 0.00368. The van der Waals surface area contributed by atoms with E-state index in [2.05, 4.69) is 40.5 Å². The van der Waals surface area contributed by atoms with Crippen LogP contribution in [0.1, 0.15) is 62.2 Å². The maximum Gasteiger partial charge on any atom is 0.143 e. The first-order chi connectivity index (χ1) is 11.6. The Balaban J connectivity index is 1.76. The van der Waals surface area contributed by atoms with Crippen LogP contribution < -0.4 is 0 Å². The van der Waals surface area contributed by atoms with Crippen LogP contribution in [-0.2, 0) is 17.9 Å². The lowest BCUT2D eigenvalue weighted by Gasteiger charge is -2.43. The topological polar surface area (TPSA) is 30.7 Å². The van der Waals surface area contributed by atoms with Crippen LogP contribution in [0.25, 0.3) is 0 Å². The number of rotatable bonds is 5. The van der Waals surface area contributed by atoms with Crippen molar-refractivity contribution in [3.8, 4) is 0 Å². The maximum atomic E-state index is 6.08. The van der Waals surface area contributed by atoms with Crippen molar-refractivity contribution in [2.24, 2.45) is 7.05 Å². The monoisotopic (exact) mass is 341 g/mol. The highest BCUT2D eigenvalue weighted by Crippen LogP contribution is 2.51. The van der Waals surface area contributed by atoms with Crippen LogP contribution in [0.2, 0.25) is 5.02 Å². The van der Waals surface area contributed by atoms with Crippen molar-refractivity contribution in [3.63, 3.8) is 0 Å². The molecule has 126 valence electrons. The molecule has 2 saturated carbocycles. The Labute approximate surface area is 148 Å². The molecule has 1 aromatic carbocycles. The van der Waals surface area contributed by atoms with Gasteiger partial charge in [-0.2, -0.15) is 0 Å². The molecule has 2 aromatic rings. The van der Waals surface area contributed by atoms with Crippen molar-refractivity contribution < 1.29 is 0 Å². The zero-order chi connectivity index (χ0) is 16.8. The highest BCUT2D eigenvalue weighted by Gasteiger charge is 2.47. The molecule has 2 fully saturated rings. The molecule has 0 saturated heterocycles. The van der Waals surface area contributed by atoms with Crippen molar-refractivity contribution in [2.45, 2.75) is 55.8 Å². The van der Waals surface area contributed by atoms with Gasteiger partial charge >= 0.3 is 0 Å². The molecule has 1 heterocycles. The molecule has 4 rings (SSSR count). The Morgan fingerprint density at radius 1 is 1.08 bits per heavy atom. The molecule has 3 nitrogen and oxygen atoms in total. The summed E-state index contributed by atoms with van der Waals surface area (Å²) in [5.74, 6) is 2.25. The fourth-order valence-corrected chi connectivity index (χ4v) is 4.67. The predicted octanol–water partition coefficient (Wildman–Crippen LogP) is 4.94. The van der Waals surface area contributed by atoms with Gasteiger partial charge in [0.25, 0.3) is 0 Å². The number of hydrogen-bond donors (Lipinski definition) is 0. The van der Waals surface area contributed by atoms with E-state index in [9.17, 15) is 0 Å². The second kappa shape index (κ2) is 5.73. The van der Waals surface area contributed by atoms with Gasteiger partial charge in [-0.25, -0.2) is 0 Å². The van der Waals surface area contributed by atoms with Gasteiger partial charge < -0.3 is 4.57 Å². The first-order valence-corrected chi connectivity index (χ1v) is 9.26. The SMILES string of the molecule is C=CCC1(c2nnc(C3(c4ccc(Cl)cc4)CCC3)n2C)CCC1. The number of allylic oxidation sites excluding steroid dienone is 1. The fourth-order valence-electron chi connectivity index (χ4n) is 4.55. The van der Waals surface area contributed by atoms with Crippen molar-refractivity contribution in [1.82, 2.24) is 14.8 Å². The van der Waals surface area contributed by atoms with Gasteiger partial charge in [-0.05, 0) is 49.8 Å². The lowest BCUT2D eigenvalue weighted by atomic mass is 9.63. The standard InChI is InChI=1S/C20H24ClN3/c1-3-10-19(11-4-12-19)17-22-23-18(24(17)2)20(13-5-14-20)15-6-8-16(21)9-7-15/h3,6-9H,1,4-5,10-14H2,2H3. The first kappa shape index (κ1) is 15.9. The van der Waals surface area contributed by atoms with E-state index >= 15 is 0 Å². The van der Waals surface area contributed by atoms with E-state index in [1.807, 2.05) is 18.2 Å². The van der Waals surface area contributed by atoms with Crippen LogP contribution in [0.3, 0.4) is 0 Å². The lowest BCUT2D eigenvalue weighted by Crippen LogP contribution is -2.40. The molecule has 0 unspecified atom stereocenters. The summed E-state index contributed by atoms with van der Waals surface area (Å²) in [5, 5.41) is 10.1. The molecule has 0 spiro atoms. The minimum Gasteiger partial charge on any atom is -0.317 e. The van der Waals surface area contributed by atoms with Crippen LogP contribution in [0.5, 0.6) is 0 Å². The molecular formula is C20H24ClN3. The molecule has 2 aliphatic carbocycles. The number of nitrogens with zero attached hydrogens (tertiary/aromatic N) is 3. The van der Waals surface area contributed by atoms with Crippen molar-refractivity contribution in [2.75, 3.05) is 0 Å². The largest absolute Gasteiger partial charge is 0.317 e. The summed E-state index contributed by atoms with van der Waals surface area (Å²) in [7, 11) is 2.14. The number of aromatic nitrogens is 3. The zero-order valence-corrected chi connectivity index (χ0v) is 15.0. The Kier molecular flexibility index (Phi) is 3.80. The summed E-state index contributed by atoms with van der Waals surface area (Å²) in [6.45, 7) is 3.95. The summed E-state index contributed by atoms with van der Waals surface area (Å²) < 4.78 is 2.27. The summed E-state index contributed by atoms with van der Waals surface area (Å²) in [5.41, 5.74) is 1.47. The Hall–Kier alpha value is -1.61. The van der Waals surface area contributed by atoms with Gasteiger partial charge in [0.2, 0.25) is 0 Å². The van der Waals surface area contributed by atoms with Crippen LogP contribution in [0.4, 0.5) is 0 Å². The lowest BCUT2D eigenvalue weighted by molar-refractivity contribution is 0.221. The molecule has 0 amide bonds. The van der Waals surface area contributed by atoms with Crippen molar-refractivity contribution >= 4 is 11.6 Å². The molecule has 0 N–H and O–H groups in total. The highest BCUT2D eigenvalue weighted by molar-refractivity contribution is 6.30. The molecule has 0 bridgehead atoms. The van der Waals surface area contributed by atoms with Crippen molar-refractivity contribution in [1.29, 1.82) is 0 Å². The van der Waals surface area contributed by atoms with E-state index in [0.29, 0.717) is 0 Å². The van der Waals surface area contributed by atoms with E-state index in [4.69, 9.17) is 11.6 Å². The average Bonchev–Trinajstić information content (AvgIpc) is 2.87. The summed E-state index contributed by atoms with van der Waals surface area (Å²) in [6.07, 6.45) is 10.2. The number of hydrogen-bond acceptors (Lipinski definition) is 2. The van der Waals surface area contributed by atoms with Crippen LogP contribution in [-0.4, -0.2) is 14.8 Å². The molecule has 0 atom stereocenters. The summed E-state index contributed by atoms with van der Waals surface area (Å²) in [4.78, 5) is 0. The predicted molar refractivity (Wildman–Crippen MR) is 97.4 cm³/mol. The van der Waals surface area contributed by atoms with Gasteiger partial charge in [0, 0.05) is 17.5 Å². The summed E-state index contributed by atoms with van der Waals surface area (Å²) in [6, 6.07) is 8.27. The number of halogens is 1. The van der Waals surface area contributed by atoms with Gasteiger partial charge in [-0.15, -0.1) is 16.8 Å². The van der Waals surface area contributed by atoms with Crippen LogP contribution in [0.15, 0.2) is 36.9 Å². The van der Waals surface area contributed by atoms with Gasteiger partial charge in [0.05, 0.1) is 5.41 Å². The van der Waals surface area contributed by atoms with E-state index in [1.54, 1.807) is 0 Å². The van der Waals surface area contributed by atoms with Gasteiger partial charge in [-0.1, -0.05) is 42.7 Å². The molecule has 24 heavy (non-hydrogen) atoms. The third-order valence-corrected chi connectivity index (χ3v) is 6.48. The Morgan fingerprint density at radius 2 is 1.71 bits per heavy atom. The van der Waals surface area contributed by atoms with E-state index in [-0.39, 0.29) is 10.8 Å². The zero-order valence-electron chi connectivity index (χ0n) is 14.3. The third-order valence-electron chi connectivity index (χ3n) is 6.23. The quantitative estimate of drug-likeness (QED) is 0.721. The third kappa shape index (κ3) is 2.17. The van der Waals surface area contributed by atoms with Crippen LogP contribution >= 0.6 is 11.6 Å². The van der Waals surface area contributed by atoms with E-state index in [0.717, 1.165) is 35.9 Å². The smallest absolute Gasteiger partial charge is 0.143 e. The average molecular weight is 342 g/mol. The number of benzene rings is 1. The van der Waals surface area contributed by atoms with Crippen molar-refractivity contribution in [3.05, 3.63) is 59.2 Å². The van der Waals surface area contributed by atoms with Gasteiger partial charge in [-0.3, -0.25) is 0 Å². The summed E-state index contributed by atoms with van der Waals surface area (Å²) >= 11 is 6.08. The normalized spacial score (nSPS) is 20.9. The maximum absolute atomic E-state index is 6.08. The molecule has 4 heteroatoms. The van der Waals surface area contributed by atoms with E-state index in [1.165, 1.54) is 31.2 Å². The first-order valence-electron chi connectivity index (χ1n) is 8.89. The molecule has 0 aliphatic heterocycles. The molecule has 0 radical (unpaired) electrons. The second-order valence-corrected chi connectivity index (χ2v) is 7.91. The highest BCUT2D eigenvalue weighted by atomic mass is 35.5. The minimum absolute atomic E-state index is 0.00368. The Bertz CT molecular complexity index is 752. The van der Waals surface area contributed by atoms with Gasteiger partial charge in [0.1, 0.15) is 11.6 Å². The Morgan fingerprint density at radius 3 is 2.21 bits per heavy atom. The molecule has 1 aromatic heterocycles.